The molecule has 124 valence electrons. The molecule has 0 aliphatic heterocycles. The summed E-state index contributed by atoms with van der Waals surface area (Å²) in [5.41, 5.74) is 3.66. The molecule has 0 unspecified atom stereocenters. The Balaban J connectivity index is 1.78. The summed E-state index contributed by atoms with van der Waals surface area (Å²) in [5, 5.41) is 5.07. The summed E-state index contributed by atoms with van der Waals surface area (Å²) in [4.78, 5) is 8.48. The second-order valence-electron chi connectivity index (χ2n) is 5.53. The van der Waals surface area contributed by atoms with E-state index in [-0.39, 0.29) is 0 Å². The van der Waals surface area contributed by atoms with Crippen LogP contribution in [0.2, 0.25) is 5.02 Å². The molecule has 2 aromatic heterocycles. The molecular weight excluding hydrogens is 336 g/mol. The van der Waals surface area contributed by atoms with E-state index in [9.17, 15) is 0 Å². The Morgan fingerprint density at radius 3 is 2.80 bits per heavy atom. The maximum absolute atomic E-state index is 6.15. The molecule has 0 spiro atoms. The van der Waals surface area contributed by atoms with E-state index in [2.05, 4.69) is 15.3 Å². The number of ether oxygens (including phenoxy) is 1. The first kappa shape index (κ1) is 15.5. The molecular formula is C19H15ClN4O. The van der Waals surface area contributed by atoms with Crippen molar-refractivity contribution >= 4 is 33.9 Å². The van der Waals surface area contributed by atoms with Crippen LogP contribution in [0.3, 0.4) is 0 Å². The van der Waals surface area contributed by atoms with Crippen LogP contribution in [-0.4, -0.2) is 21.6 Å². The Morgan fingerprint density at radius 2 is 2.00 bits per heavy atom. The molecule has 0 amide bonds. The van der Waals surface area contributed by atoms with Gasteiger partial charge < -0.3 is 14.6 Å². The lowest BCUT2D eigenvalue weighted by Crippen LogP contribution is -1.97. The number of nitrogens with zero attached hydrogens (tertiary/aromatic N) is 3. The third-order valence-corrected chi connectivity index (χ3v) is 4.15. The molecule has 0 aliphatic carbocycles. The number of nitrogens with one attached hydrogen (secondary N) is 1. The van der Waals surface area contributed by atoms with Crippen LogP contribution in [0.5, 0.6) is 5.75 Å². The highest BCUT2D eigenvalue weighted by molar-refractivity contribution is 6.31. The Morgan fingerprint density at radius 1 is 1.08 bits per heavy atom. The van der Waals surface area contributed by atoms with Gasteiger partial charge >= 0.3 is 0 Å². The minimum absolute atomic E-state index is 0.674. The molecule has 25 heavy (non-hydrogen) atoms. The van der Waals surface area contributed by atoms with Crippen LogP contribution in [0, 0.1) is 0 Å². The van der Waals surface area contributed by atoms with Crippen LogP contribution in [-0.2, 0) is 0 Å². The molecule has 0 aliphatic rings. The highest BCUT2D eigenvalue weighted by Crippen LogP contribution is 2.30. The molecule has 0 fully saturated rings. The average Bonchev–Trinajstić information content (AvgIpc) is 3.17. The summed E-state index contributed by atoms with van der Waals surface area (Å²) < 4.78 is 7.36. The number of benzene rings is 2. The van der Waals surface area contributed by atoms with Crippen molar-refractivity contribution in [1.29, 1.82) is 0 Å². The number of hydrogen-bond donors (Lipinski definition) is 1. The minimum atomic E-state index is 0.674. The van der Waals surface area contributed by atoms with Gasteiger partial charge in [0.05, 0.1) is 24.6 Å². The third-order valence-electron chi connectivity index (χ3n) is 3.91. The van der Waals surface area contributed by atoms with Gasteiger partial charge in [0.25, 0.3) is 0 Å². The molecule has 0 radical (unpaired) electrons. The van der Waals surface area contributed by atoms with Gasteiger partial charge in [-0.05, 0) is 30.3 Å². The molecule has 4 aromatic rings. The van der Waals surface area contributed by atoms with Gasteiger partial charge in [-0.1, -0.05) is 11.6 Å². The second kappa shape index (κ2) is 6.45. The molecule has 4 rings (SSSR count). The fourth-order valence-corrected chi connectivity index (χ4v) is 2.89. The SMILES string of the molecule is COc1cc(Nc2ccnc3ccc(Cl)cc23)cc(-n2ccnc2)c1. The molecule has 2 heterocycles. The zero-order chi connectivity index (χ0) is 17.2. The minimum Gasteiger partial charge on any atom is -0.497 e. The zero-order valence-corrected chi connectivity index (χ0v) is 14.2. The molecule has 0 atom stereocenters. The maximum Gasteiger partial charge on any atom is 0.123 e. The van der Waals surface area contributed by atoms with E-state index in [1.165, 1.54) is 0 Å². The summed E-state index contributed by atoms with van der Waals surface area (Å²) in [6.45, 7) is 0. The molecule has 0 saturated carbocycles. The number of hydrogen-bond acceptors (Lipinski definition) is 4. The first-order valence-electron chi connectivity index (χ1n) is 7.71. The quantitative estimate of drug-likeness (QED) is 0.573. The van der Waals surface area contributed by atoms with Gasteiger partial charge in [-0.2, -0.15) is 0 Å². The lowest BCUT2D eigenvalue weighted by molar-refractivity contribution is 0.415. The number of pyridine rings is 1. The van der Waals surface area contributed by atoms with E-state index in [4.69, 9.17) is 16.3 Å². The van der Waals surface area contributed by atoms with E-state index in [1.807, 2.05) is 53.2 Å². The van der Waals surface area contributed by atoms with E-state index in [0.29, 0.717) is 5.02 Å². The summed E-state index contributed by atoms with van der Waals surface area (Å²) in [5.74, 6) is 0.755. The zero-order valence-electron chi connectivity index (χ0n) is 13.5. The van der Waals surface area contributed by atoms with E-state index >= 15 is 0 Å². The van der Waals surface area contributed by atoms with Crippen molar-refractivity contribution in [2.45, 2.75) is 0 Å². The fourth-order valence-electron chi connectivity index (χ4n) is 2.72. The molecule has 0 saturated heterocycles. The van der Waals surface area contributed by atoms with Crippen LogP contribution in [0.15, 0.2) is 67.4 Å². The largest absolute Gasteiger partial charge is 0.497 e. The topological polar surface area (TPSA) is 52.0 Å². The Kier molecular flexibility index (Phi) is 3.99. The molecule has 1 N–H and O–H groups in total. The monoisotopic (exact) mass is 350 g/mol. The predicted octanol–water partition coefficient (Wildman–Crippen LogP) is 4.83. The summed E-state index contributed by atoms with van der Waals surface area (Å²) in [6, 6.07) is 13.5. The van der Waals surface area contributed by atoms with Crippen LogP contribution in [0.4, 0.5) is 11.4 Å². The van der Waals surface area contributed by atoms with Crippen LogP contribution in [0.25, 0.3) is 16.6 Å². The number of methoxy groups -OCH3 is 1. The van der Waals surface area contributed by atoms with Crippen LogP contribution < -0.4 is 10.1 Å². The molecule has 2 aromatic carbocycles. The van der Waals surface area contributed by atoms with Crippen molar-refractivity contribution in [3.05, 3.63) is 72.4 Å². The Labute approximate surface area is 149 Å². The van der Waals surface area contributed by atoms with Crippen LogP contribution >= 0.6 is 11.6 Å². The van der Waals surface area contributed by atoms with E-state index < -0.39 is 0 Å². The smallest absolute Gasteiger partial charge is 0.123 e. The van der Waals surface area contributed by atoms with Crippen molar-refractivity contribution in [3.63, 3.8) is 0 Å². The van der Waals surface area contributed by atoms with E-state index in [1.54, 1.807) is 25.8 Å². The van der Waals surface area contributed by atoms with Gasteiger partial charge in [0, 0.05) is 52.5 Å². The number of rotatable bonds is 4. The third kappa shape index (κ3) is 3.14. The normalized spacial score (nSPS) is 10.8. The number of fused-ring (bicyclic) bond motifs is 1. The Hall–Kier alpha value is -3.05. The van der Waals surface area contributed by atoms with Crippen molar-refractivity contribution in [2.75, 3.05) is 12.4 Å². The average molecular weight is 351 g/mol. The summed E-state index contributed by atoms with van der Waals surface area (Å²) in [7, 11) is 1.65. The molecule has 0 bridgehead atoms. The standard InChI is InChI=1S/C19H15ClN4O/c1-25-16-10-14(9-15(11-16)24-7-6-21-12-24)23-19-4-5-22-18-3-2-13(20)8-17(18)19/h2-12H,1H3,(H,22,23). The number of halogens is 1. The van der Waals surface area contributed by atoms with Crippen molar-refractivity contribution in [1.82, 2.24) is 14.5 Å². The molecule has 5 nitrogen and oxygen atoms in total. The fraction of sp³-hybridized carbons (Fsp3) is 0.0526. The van der Waals surface area contributed by atoms with Crippen molar-refractivity contribution in [2.24, 2.45) is 0 Å². The van der Waals surface area contributed by atoms with Gasteiger partial charge in [0.2, 0.25) is 0 Å². The van der Waals surface area contributed by atoms with Gasteiger partial charge in [0.15, 0.2) is 0 Å². The second-order valence-corrected chi connectivity index (χ2v) is 5.97. The first-order chi connectivity index (χ1) is 12.2. The van der Waals surface area contributed by atoms with Gasteiger partial charge in [-0.25, -0.2) is 4.98 Å². The van der Waals surface area contributed by atoms with Gasteiger partial charge in [0.1, 0.15) is 5.75 Å². The van der Waals surface area contributed by atoms with E-state index in [0.717, 1.165) is 33.7 Å². The van der Waals surface area contributed by atoms with Gasteiger partial charge in [-0.15, -0.1) is 0 Å². The molecule has 6 heteroatoms. The predicted molar refractivity (Wildman–Crippen MR) is 100 cm³/mol. The number of anilines is 2. The lowest BCUT2D eigenvalue weighted by Gasteiger charge is -2.13. The number of imidazole rings is 1. The summed E-state index contributed by atoms with van der Waals surface area (Å²) >= 11 is 6.15. The highest BCUT2D eigenvalue weighted by Gasteiger charge is 2.07. The Bertz CT molecular complexity index is 1030. The maximum atomic E-state index is 6.15. The highest BCUT2D eigenvalue weighted by atomic mass is 35.5. The first-order valence-corrected chi connectivity index (χ1v) is 8.09. The summed E-state index contributed by atoms with van der Waals surface area (Å²) in [6.07, 6.45) is 7.15. The van der Waals surface area contributed by atoms with Crippen LogP contribution in [0.1, 0.15) is 0 Å². The van der Waals surface area contributed by atoms with Crippen molar-refractivity contribution < 1.29 is 4.74 Å². The number of aromatic nitrogens is 3. The van der Waals surface area contributed by atoms with Gasteiger partial charge in [-0.3, -0.25) is 4.98 Å². The van der Waals surface area contributed by atoms with Crippen molar-refractivity contribution in [3.8, 4) is 11.4 Å². The lowest BCUT2D eigenvalue weighted by atomic mass is 10.1.